The number of benzene rings is 1. The Morgan fingerprint density at radius 3 is 2.55 bits per heavy atom. The van der Waals surface area contributed by atoms with Crippen LogP contribution in [0.5, 0.6) is 0 Å². The molecule has 5 nitrogen and oxygen atoms in total. The van der Waals surface area contributed by atoms with E-state index in [2.05, 4.69) is 5.32 Å². The quantitative estimate of drug-likeness (QED) is 0.919. The van der Waals surface area contributed by atoms with Crippen LogP contribution in [0.2, 0.25) is 0 Å². The van der Waals surface area contributed by atoms with Gasteiger partial charge in [0.2, 0.25) is 15.9 Å². The first-order valence-corrected chi connectivity index (χ1v) is 9.44. The summed E-state index contributed by atoms with van der Waals surface area (Å²) in [7, 11) is -3.22. The first-order chi connectivity index (χ1) is 10.3. The van der Waals surface area contributed by atoms with E-state index in [-0.39, 0.29) is 24.4 Å². The molecule has 0 saturated carbocycles. The summed E-state index contributed by atoms with van der Waals surface area (Å²) in [4.78, 5) is 12.4. The summed E-state index contributed by atoms with van der Waals surface area (Å²) in [6, 6.07) is 7.96. The third-order valence-corrected chi connectivity index (χ3v) is 5.43. The van der Waals surface area contributed by atoms with E-state index in [0.717, 1.165) is 18.4 Å². The molecule has 22 heavy (non-hydrogen) atoms. The average molecular weight is 324 g/mol. The van der Waals surface area contributed by atoms with Gasteiger partial charge in [-0.25, -0.2) is 12.7 Å². The number of hydrogen-bond acceptors (Lipinski definition) is 3. The maximum atomic E-state index is 12.4. The zero-order valence-electron chi connectivity index (χ0n) is 13.4. The first-order valence-electron chi connectivity index (χ1n) is 7.59. The number of rotatable bonds is 4. The monoisotopic (exact) mass is 324 g/mol. The summed E-state index contributed by atoms with van der Waals surface area (Å²) in [5, 5.41) is 3.00. The Hall–Kier alpha value is -1.40. The summed E-state index contributed by atoms with van der Waals surface area (Å²) in [6.45, 7) is 4.76. The fraction of sp³-hybridized carbons (Fsp3) is 0.562. The molecule has 2 atom stereocenters. The highest BCUT2D eigenvalue weighted by Crippen LogP contribution is 2.20. The van der Waals surface area contributed by atoms with Crippen molar-refractivity contribution in [1.29, 1.82) is 0 Å². The number of piperidine rings is 1. The molecule has 1 aliphatic heterocycles. The molecule has 6 heteroatoms. The van der Waals surface area contributed by atoms with Crippen LogP contribution in [-0.2, 0) is 14.8 Å². The molecule has 122 valence electrons. The third kappa shape index (κ3) is 4.30. The van der Waals surface area contributed by atoms with E-state index in [1.807, 2.05) is 38.1 Å². The number of carbonyl (C=O) groups is 1. The number of carbonyl (C=O) groups excluding carboxylic acids is 1. The predicted octanol–water partition coefficient (Wildman–Crippen LogP) is 1.84. The van der Waals surface area contributed by atoms with Gasteiger partial charge in [-0.15, -0.1) is 0 Å². The Morgan fingerprint density at radius 1 is 1.32 bits per heavy atom. The second kappa shape index (κ2) is 6.79. The van der Waals surface area contributed by atoms with Crippen LogP contribution in [0, 0.1) is 12.8 Å². The van der Waals surface area contributed by atoms with Crippen LogP contribution in [0.25, 0.3) is 0 Å². The topological polar surface area (TPSA) is 66.5 Å². The van der Waals surface area contributed by atoms with Gasteiger partial charge in [-0.2, -0.15) is 0 Å². The number of nitrogens with zero attached hydrogens (tertiary/aromatic N) is 1. The number of nitrogens with one attached hydrogen (secondary N) is 1. The van der Waals surface area contributed by atoms with E-state index in [0.29, 0.717) is 6.54 Å². The molecule has 1 amide bonds. The highest BCUT2D eigenvalue weighted by atomic mass is 32.2. The number of hydrogen-bond donors (Lipinski definition) is 1. The standard InChI is InChI=1S/C16H24N2O3S/c1-12-6-8-14(9-7-12)13(2)17-16(19)15-5-4-10-18(11-15)22(3,20)21/h6-9,13,15H,4-5,10-11H2,1-3H3,(H,17,19)/t13-,15-/m0/s1. The SMILES string of the molecule is Cc1ccc([C@H](C)NC(=O)[C@H]2CCCN(S(C)(=O)=O)C2)cc1. The highest BCUT2D eigenvalue weighted by Gasteiger charge is 2.30. The summed E-state index contributed by atoms with van der Waals surface area (Å²) in [5.41, 5.74) is 2.23. The van der Waals surface area contributed by atoms with Crippen molar-refractivity contribution in [3.8, 4) is 0 Å². The fourth-order valence-electron chi connectivity index (χ4n) is 2.73. The minimum absolute atomic E-state index is 0.0681. The molecule has 2 rings (SSSR count). The number of aryl methyl sites for hydroxylation is 1. The van der Waals surface area contributed by atoms with Gasteiger partial charge in [0.15, 0.2) is 0 Å². The normalized spacial score (nSPS) is 21.3. The Morgan fingerprint density at radius 2 is 1.95 bits per heavy atom. The molecule has 1 heterocycles. The van der Waals surface area contributed by atoms with Gasteiger partial charge < -0.3 is 5.32 Å². The number of sulfonamides is 1. The van der Waals surface area contributed by atoms with Crippen molar-refractivity contribution in [2.45, 2.75) is 32.7 Å². The molecule has 0 bridgehead atoms. The fourth-order valence-corrected chi connectivity index (χ4v) is 3.64. The molecular formula is C16H24N2O3S. The van der Waals surface area contributed by atoms with Gasteiger partial charge >= 0.3 is 0 Å². The second-order valence-electron chi connectivity index (χ2n) is 6.10. The van der Waals surface area contributed by atoms with Gasteiger partial charge in [-0.3, -0.25) is 4.79 Å². The molecule has 0 spiro atoms. The molecule has 0 aliphatic carbocycles. The largest absolute Gasteiger partial charge is 0.349 e. The maximum Gasteiger partial charge on any atom is 0.224 e. The Kier molecular flexibility index (Phi) is 5.24. The van der Waals surface area contributed by atoms with E-state index < -0.39 is 10.0 Å². The third-order valence-electron chi connectivity index (χ3n) is 4.16. The van der Waals surface area contributed by atoms with Gasteiger partial charge in [0.05, 0.1) is 18.2 Å². The van der Waals surface area contributed by atoms with Crippen molar-refractivity contribution >= 4 is 15.9 Å². The molecule has 1 saturated heterocycles. The van der Waals surface area contributed by atoms with E-state index in [4.69, 9.17) is 0 Å². The van der Waals surface area contributed by atoms with Crippen molar-refractivity contribution in [3.05, 3.63) is 35.4 Å². The Labute approximate surface area is 132 Å². The molecule has 1 N–H and O–H groups in total. The van der Waals surface area contributed by atoms with Gasteiger partial charge in [0.25, 0.3) is 0 Å². The van der Waals surface area contributed by atoms with Crippen LogP contribution in [0.1, 0.15) is 36.9 Å². The molecule has 0 aromatic heterocycles. The lowest BCUT2D eigenvalue weighted by Gasteiger charge is -2.30. The molecule has 0 unspecified atom stereocenters. The summed E-state index contributed by atoms with van der Waals surface area (Å²) >= 11 is 0. The van der Waals surface area contributed by atoms with E-state index >= 15 is 0 Å². The Balaban J connectivity index is 1.98. The van der Waals surface area contributed by atoms with Crippen molar-refractivity contribution in [2.75, 3.05) is 19.3 Å². The maximum absolute atomic E-state index is 12.4. The van der Waals surface area contributed by atoms with Crippen molar-refractivity contribution in [3.63, 3.8) is 0 Å². The van der Waals surface area contributed by atoms with Crippen LogP contribution in [0.3, 0.4) is 0 Å². The second-order valence-corrected chi connectivity index (χ2v) is 8.08. The van der Waals surface area contributed by atoms with Crippen molar-refractivity contribution in [2.24, 2.45) is 5.92 Å². The van der Waals surface area contributed by atoms with E-state index in [9.17, 15) is 13.2 Å². The van der Waals surface area contributed by atoms with Gasteiger partial charge in [0, 0.05) is 13.1 Å². The highest BCUT2D eigenvalue weighted by molar-refractivity contribution is 7.88. The van der Waals surface area contributed by atoms with Gasteiger partial charge in [0.1, 0.15) is 0 Å². The van der Waals surface area contributed by atoms with Crippen LogP contribution in [0.4, 0.5) is 0 Å². The summed E-state index contributed by atoms with van der Waals surface area (Å²) < 4.78 is 24.6. The van der Waals surface area contributed by atoms with Gasteiger partial charge in [-0.1, -0.05) is 29.8 Å². The molecule has 1 aromatic carbocycles. The van der Waals surface area contributed by atoms with Crippen LogP contribution >= 0.6 is 0 Å². The smallest absolute Gasteiger partial charge is 0.224 e. The Bertz CT molecular complexity index is 625. The van der Waals surface area contributed by atoms with Crippen molar-refractivity contribution in [1.82, 2.24) is 9.62 Å². The van der Waals surface area contributed by atoms with E-state index in [1.165, 1.54) is 16.1 Å². The molecular weight excluding hydrogens is 300 g/mol. The average Bonchev–Trinajstić information content (AvgIpc) is 2.47. The first kappa shape index (κ1) is 17.0. The molecule has 1 aromatic rings. The molecule has 1 fully saturated rings. The predicted molar refractivity (Wildman–Crippen MR) is 86.9 cm³/mol. The van der Waals surface area contributed by atoms with Crippen LogP contribution in [0.15, 0.2) is 24.3 Å². The lowest BCUT2D eigenvalue weighted by atomic mass is 9.97. The lowest BCUT2D eigenvalue weighted by molar-refractivity contribution is -0.126. The molecule has 0 radical (unpaired) electrons. The molecule has 1 aliphatic rings. The lowest BCUT2D eigenvalue weighted by Crippen LogP contribution is -2.45. The minimum atomic E-state index is -3.22. The van der Waals surface area contributed by atoms with Crippen LogP contribution in [-0.4, -0.2) is 38.0 Å². The zero-order valence-corrected chi connectivity index (χ0v) is 14.2. The summed E-state index contributed by atoms with van der Waals surface area (Å²) in [6.07, 6.45) is 2.66. The van der Waals surface area contributed by atoms with E-state index in [1.54, 1.807) is 0 Å². The van der Waals surface area contributed by atoms with Crippen LogP contribution < -0.4 is 5.32 Å². The van der Waals surface area contributed by atoms with Crippen molar-refractivity contribution < 1.29 is 13.2 Å². The minimum Gasteiger partial charge on any atom is -0.349 e. The van der Waals surface area contributed by atoms with Gasteiger partial charge in [-0.05, 0) is 32.3 Å². The number of amides is 1. The zero-order chi connectivity index (χ0) is 16.3. The summed E-state index contributed by atoms with van der Waals surface area (Å²) in [5.74, 6) is -0.335.